The van der Waals surface area contributed by atoms with E-state index >= 15 is 0 Å². The van der Waals surface area contributed by atoms with Crippen molar-refractivity contribution in [3.63, 3.8) is 0 Å². The fourth-order valence-corrected chi connectivity index (χ4v) is 4.98. The van der Waals surface area contributed by atoms with Gasteiger partial charge in [-0.25, -0.2) is 0 Å². The van der Waals surface area contributed by atoms with Gasteiger partial charge < -0.3 is 15.5 Å². The molecule has 3 fully saturated rings. The zero-order valence-electron chi connectivity index (χ0n) is 18.4. The molecule has 1 amide bonds. The standard InChI is InChI=1S/C21H36F3N5O.HI/c1-25-20(26-10-6-16-7-11-28(12-8-16)15-21(22,23)24)27-18-9-13-29(14-18)19(30)17-4-2-3-5-17;/h16-18H,2-15H2,1H3,(H2,25,26,27);1H. The Kier molecular flexibility index (Phi) is 10.6. The fraction of sp³-hybridized carbons (Fsp3) is 0.905. The first-order valence-corrected chi connectivity index (χ1v) is 11.4. The van der Waals surface area contributed by atoms with Crippen LogP contribution in [0.5, 0.6) is 0 Å². The molecule has 0 aromatic heterocycles. The molecule has 0 radical (unpaired) electrons. The van der Waals surface area contributed by atoms with Crippen molar-refractivity contribution in [3.05, 3.63) is 0 Å². The van der Waals surface area contributed by atoms with E-state index in [2.05, 4.69) is 15.6 Å². The van der Waals surface area contributed by atoms with Gasteiger partial charge in [0.2, 0.25) is 5.91 Å². The Bertz CT molecular complexity index is 590. The summed E-state index contributed by atoms with van der Waals surface area (Å²) in [6, 6.07) is 0.215. The Labute approximate surface area is 200 Å². The first-order valence-electron chi connectivity index (χ1n) is 11.4. The number of nitrogens with one attached hydrogen (secondary N) is 2. The second kappa shape index (κ2) is 12.5. The van der Waals surface area contributed by atoms with E-state index in [0.717, 1.165) is 64.1 Å². The number of rotatable bonds is 6. The largest absolute Gasteiger partial charge is 0.401 e. The van der Waals surface area contributed by atoms with Gasteiger partial charge in [0, 0.05) is 38.6 Å². The number of carbonyl (C=O) groups excluding carboxylic acids is 1. The molecule has 31 heavy (non-hydrogen) atoms. The lowest BCUT2D eigenvalue weighted by molar-refractivity contribution is -0.148. The van der Waals surface area contributed by atoms with Gasteiger partial charge in [-0.3, -0.25) is 14.7 Å². The highest BCUT2D eigenvalue weighted by Gasteiger charge is 2.33. The normalized spacial score (nSPS) is 24.3. The Morgan fingerprint density at radius 2 is 1.74 bits per heavy atom. The van der Waals surface area contributed by atoms with Crippen molar-refractivity contribution < 1.29 is 18.0 Å². The molecule has 0 spiro atoms. The van der Waals surface area contributed by atoms with Gasteiger partial charge in [0.05, 0.1) is 6.54 Å². The number of halogens is 4. The Hall–Kier alpha value is -0.780. The van der Waals surface area contributed by atoms with Gasteiger partial charge in [0.1, 0.15) is 0 Å². The summed E-state index contributed by atoms with van der Waals surface area (Å²) in [5.41, 5.74) is 0. The number of carbonyl (C=O) groups is 1. The topological polar surface area (TPSA) is 60.0 Å². The summed E-state index contributed by atoms with van der Waals surface area (Å²) in [6.45, 7) is 2.53. The highest BCUT2D eigenvalue weighted by molar-refractivity contribution is 14.0. The monoisotopic (exact) mass is 559 g/mol. The molecule has 2 saturated heterocycles. The quantitative estimate of drug-likeness (QED) is 0.298. The molecule has 3 rings (SSSR count). The van der Waals surface area contributed by atoms with E-state index in [4.69, 9.17) is 0 Å². The molecule has 6 nitrogen and oxygen atoms in total. The average molecular weight is 559 g/mol. The van der Waals surface area contributed by atoms with Crippen LogP contribution in [0.2, 0.25) is 0 Å². The molecule has 1 atom stereocenters. The van der Waals surface area contributed by atoms with Crippen LogP contribution in [0.3, 0.4) is 0 Å². The molecule has 0 aromatic rings. The number of nitrogens with zero attached hydrogens (tertiary/aromatic N) is 3. The lowest BCUT2D eigenvalue weighted by Gasteiger charge is -2.32. The third-order valence-electron chi connectivity index (χ3n) is 6.72. The second-order valence-electron chi connectivity index (χ2n) is 9.02. The van der Waals surface area contributed by atoms with Crippen LogP contribution in [-0.4, -0.2) is 80.2 Å². The minimum atomic E-state index is -4.11. The molecular weight excluding hydrogens is 522 g/mol. The number of likely N-dealkylation sites (tertiary alicyclic amines) is 2. The lowest BCUT2D eigenvalue weighted by atomic mass is 9.93. The van der Waals surface area contributed by atoms with Crippen LogP contribution in [0.4, 0.5) is 13.2 Å². The van der Waals surface area contributed by atoms with Crippen molar-refractivity contribution >= 4 is 35.8 Å². The van der Waals surface area contributed by atoms with E-state index in [1.807, 2.05) is 4.90 Å². The number of aliphatic imine (C=N–C) groups is 1. The number of alkyl halides is 3. The minimum absolute atomic E-state index is 0. The summed E-state index contributed by atoms with van der Waals surface area (Å²) in [4.78, 5) is 20.4. The molecular formula is C21H37F3IN5O. The van der Waals surface area contributed by atoms with Gasteiger partial charge in [0.15, 0.2) is 5.96 Å². The van der Waals surface area contributed by atoms with E-state index in [-0.39, 0.29) is 35.9 Å². The average Bonchev–Trinajstić information content (AvgIpc) is 3.39. The number of piperidine rings is 1. The van der Waals surface area contributed by atoms with Crippen molar-refractivity contribution in [3.8, 4) is 0 Å². The number of hydrogen-bond donors (Lipinski definition) is 2. The van der Waals surface area contributed by atoms with E-state index in [9.17, 15) is 18.0 Å². The molecule has 0 aromatic carbocycles. The molecule has 0 bridgehead atoms. The smallest absolute Gasteiger partial charge is 0.356 e. The van der Waals surface area contributed by atoms with E-state index in [0.29, 0.717) is 24.9 Å². The van der Waals surface area contributed by atoms with Crippen LogP contribution in [0.25, 0.3) is 0 Å². The Morgan fingerprint density at radius 1 is 1.06 bits per heavy atom. The van der Waals surface area contributed by atoms with Crippen LogP contribution in [0.15, 0.2) is 4.99 Å². The van der Waals surface area contributed by atoms with Gasteiger partial charge in [-0.15, -0.1) is 24.0 Å². The zero-order valence-corrected chi connectivity index (χ0v) is 20.8. The van der Waals surface area contributed by atoms with Crippen molar-refractivity contribution in [1.82, 2.24) is 20.4 Å². The molecule has 2 aliphatic heterocycles. The molecule has 1 aliphatic carbocycles. The summed E-state index contributed by atoms with van der Waals surface area (Å²) in [6.07, 6.45) is 3.78. The highest BCUT2D eigenvalue weighted by Crippen LogP contribution is 2.28. The van der Waals surface area contributed by atoms with Gasteiger partial charge in [-0.1, -0.05) is 12.8 Å². The Morgan fingerprint density at radius 3 is 2.35 bits per heavy atom. The van der Waals surface area contributed by atoms with E-state index in [1.54, 1.807) is 7.05 Å². The minimum Gasteiger partial charge on any atom is -0.356 e. The summed E-state index contributed by atoms with van der Waals surface area (Å²) >= 11 is 0. The van der Waals surface area contributed by atoms with Crippen molar-refractivity contribution in [2.24, 2.45) is 16.8 Å². The molecule has 3 aliphatic rings. The second-order valence-corrected chi connectivity index (χ2v) is 9.02. The van der Waals surface area contributed by atoms with Crippen molar-refractivity contribution in [2.45, 2.75) is 63.6 Å². The van der Waals surface area contributed by atoms with Crippen molar-refractivity contribution in [1.29, 1.82) is 0 Å². The van der Waals surface area contributed by atoms with Gasteiger partial charge in [0.25, 0.3) is 0 Å². The maximum atomic E-state index is 12.6. The van der Waals surface area contributed by atoms with Crippen molar-refractivity contribution in [2.75, 3.05) is 46.3 Å². The fourth-order valence-electron chi connectivity index (χ4n) is 4.98. The van der Waals surface area contributed by atoms with Crippen LogP contribution in [0.1, 0.15) is 51.4 Å². The number of amides is 1. The van der Waals surface area contributed by atoms with Crippen LogP contribution in [-0.2, 0) is 4.79 Å². The highest BCUT2D eigenvalue weighted by atomic mass is 127. The molecule has 1 saturated carbocycles. The van der Waals surface area contributed by atoms with Crippen LogP contribution < -0.4 is 10.6 Å². The lowest BCUT2D eigenvalue weighted by Crippen LogP contribution is -2.46. The van der Waals surface area contributed by atoms with Crippen LogP contribution in [0, 0.1) is 11.8 Å². The summed E-state index contributed by atoms with van der Waals surface area (Å²) in [5.74, 6) is 1.73. The molecule has 180 valence electrons. The molecule has 10 heteroatoms. The van der Waals surface area contributed by atoms with E-state index < -0.39 is 12.7 Å². The number of guanidine groups is 1. The first-order chi connectivity index (χ1) is 14.3. The van der Waals surface area contributed by atoms with Gasteiger partial charge in [-0.05, 0) is 57.5 Å². The third-order valence-corrected chi connectivity index (χ3v) is 6.72. The van der Waals surface area contributed by atoms with Gasteiger partial charge in [-0.2, -0.15) is 13.2 Å². The predicted molar refractivity (Wildman–Crippen MR) is 127 cm³/mol. The maximum absolute atomic E-state index is 12.6. The molecule has 2 N–H and O–H groups in total. The zero-order chi connectivity index (χ0) is 21.6. The SMILES string of the molecule is CN=C(NCCC1CCN(CC(F)(F)F)CC1)NC1CCN(C(=O)C2CCCC2)C1.I. The Balaban J connectivity index is 0.00000341. The van der Waals surface area contributed by atoms with Gasteiger partial charge >= 0.3 is 6.18 Å². The summed E-state index contributed by atoms with van der Waals surface area (Å²) in [7, 11) is 1.74. The summed E-state index contributed by atoms with van der Waals surface area (Å²) in [5, 5.41) is 6.76. The third kappa shape index (κ3) is 8.58. The predicted octanol–water partition coefficient (Wildman–Crippen LogP) is 3.22. The van der Waals surface area contributed by atoms with E-state index in [1.165, 1.54) is 17.7 Å². The van der Waals surface area contributed by atoms with Crippen LogP contribution >= 0.6 is 24.0 Å². The maximum Gasteiger partial charge on any atom is 0.401 e. The number of hydrogen-bond acceptors (Lipinski definition) is 3. The molecule has 2 heterocycles. The molecule has 1 unspecified atom stereocenters. The summed E-state index contributed by atoms with van der Waals surface area (Å²) < 4.78 is 37.5. The first kappa shape index (κ1) is 26.5.